The Morgan fingerprint density at radius 2 is 1.68 bits per heavy atom. The first kappa shape index (κ1) is 33.1. The minimum absolute atomic E-state index is 0.00345. The number of hydrogen-bond acceptors (Lipinski definition) is 4. The molecule has 0 saturated heterocycles. The molecule has 0 saturated carbocycles. The topological polar surface area (TPSA) is 103 Å². The quantitative estimate of drug-likeness (QED) is 0.219. The average Bonchev–Trinajstić information content (AvgIpc) is 2.67. The van der Waals surface area contributed by atoms with Gasteiger partial charge >= 0.3 is 6.09 Å². The van der Waals surface area contributed by atoms with Crippen molar-refractivity contribution in [3.8, 4) is 0 Å². The van der Waals surface area contributed by atoms with Crippen LogP contribution in [0.25, 0.3) is 0 Å². The standard InChI is InChI=1S/C20H33N3O4.2C2H6/c1-8-10-15(12-16(11-9-2)26-14(3)4)18(21)23-17(24)13-22-19(25)27-20(5,6)7;2*1-2/h8,10-12,14H,9,13H2,1-7H3,(H,22,25)(H2,21,23,24);2*1-2H3/b10-8-,15-12+,16-11-;;. The molecule has 31 heavy (non-hydrogen) atoms. The van der Waals surface area contributed by atoms with Crippen LogP contribution < -0.4 is 11.1 Å². The number of alkyl carbamates (subject to hydrolysis) is 1. The van der Waals surface area contributed by atoms with Crippen LogP contribution in [0, 0.1) is 0 Å². The largest absolute Gasteiger partial charge is 0.491 e. The molecule has 0 aliphatic rings. The predicted molar refractivity (Wildman–Crippen MR) is 131 cm³/mol. The predicted octanol–water partition coefficient (Wildman–Crippen LogP) is 5.67. The Labute approximate surface area is 189 Å². The minimum Gasteiger partial charge on any atom is -0.491 e. The number of nitrogens with two attached hydrogens (primary N) is 1. The van der Waals surface area contributed by atoms with E-state index in [-0.39, 0.29) is 18.5 Å². The summed E-state index contributed by atoms with van der Waals surface area (Å²) >= 11 is 0. The lowest BCUT2D eigenvalue weighted by Gasteiger charge is -2.19. The van der Waals surface area contributed by atoms with Crippen molar-refractivity contribution in [3.05, 3.63) is 35.6 Å². The van der Waals surface area contributed by atoms with Gasteiger partial charge in [0.25, 0.3) is 5.91 Å². The number of allylic oxidation sites excluding steroid dienone is 3. The Kier molecular flexibility index (Phi) is 20.7. The van der Waals surface area contributed by atoms with Gasteiger partial charge in [0.2, 0.25) is 0 Å². The number of nitrogens with one attached hydrogen (secondary N) is 1. The SMILES string of the molecule is CC.CC.C\C=C/C(=C\C(=C\CC)OC(C)C)C(N)=NC(=O)CNC(=O)OC(C)(C)C. The van der Waals surface area contributed by atoms with Crippen molar-refractivity contribution in [3.63, 3.8) is 0 Å². The van der Waals surface area contributed by atoms with Gasteiger partial charge in [-0.05, 0) is 60.1 Å². The zero-order chi connectivity index (χ0) is 25.0. The number of carbonyl (C=O) groups is 2. The molecule has 0 aliphatic carbocycles. The maximum Gasteiger partial charge on any atom is 0.408 e. The molecule has 3 N–H and O–H groups in total. The van der Waals surface area contributed by atoms with Crippen LogP contribution in [-0.2, 0) is 14.3 Å². The lowest BCUT2D eigenvalue weighted by Crippen LogP contribution is -2.35. The van der Waals surface area contributed by atoms with Gasteiger partial charge in [-0.15, -0.1) is 0 Å². The van der Waals surface area contributed by atoms with Gasteiger partial charge in [-0.25, -0.2) is 4.79 Å². The summed E-state index contributed by atoms with van der Waals surface area (Å²) in [5.41, 5.74) is 5.87. The molecule has 0 bridgehead atoms. The summed E-state index contributed by atoms with van der Waals surface area (Å²) in [4.78, 5) is 27.4. The summed E-state index contributed by atoms with van der Waals surface area (Å²) in [5, 5.41) is 2.36. The van der Waals surface area contributed by atoms with Crippen LogP contribution in [0.4, 0.5) is 4.79 Å². The third-order valence-electron chi connectivity index (χ3n) is 2.74. The van der Waals surface area contributed by atoms with Crippen LogP contribution >= 0.6 is 0 Å². The molecule has 0 unspecified atom stereocenters. The highest BCUT2D eigenvalue weighted by Gasteiger charge is 2.16. The summed E-state index contributed by atoms with van der Waals surface area (Å²) in [6.45, 7) is 20.6. The van der Waals surface area contributed by atoms with Crippen LogP contribution in [0.1, 0.15) is 82.6 Å². The van der Waals surface area contributed by atoms with Crippen LogP contribution in [0.3, 0.4) is 0 Å². The summed E-state index contributed by atoms with van der Waals surface area (Å²) in [6.07, 6.45) is 7.28. The first-order valence-corrected chi connectivity index (χ1v) is 11.0. The molecule has 0 aromatic heterocycles. The van der Waals surface area contributed by atoms with Gasteiger partial charge in [0.05, 0.1) is 6.10 Å². The highest BCUT2D eigenvalue weighted by atomic mass is 16.6. The minimum atomic E-state index is -0.688. The highest BCUT2D eigenvalue weighted by Crippen LogP contribution is 2.11. The van der Waals surface area contributed by atoms with Gasteiger partial charge in [0, 0.05) is 5.57 Å². The number of amidine groups is 1. The summed E-state index contributed by atoms with van der Waals surface area (Å²) < 4.78 is 10.8. The Bertz CT molecular complexity index is 625. The maximum atomic E-state index is 12.0. The van der Waals surface area contributed by atoms with E-state index >= 15 is 0 Å². The molecule has 7 heteroatoms. The van der Waals surface area contributed by atoms with E-state index < -0.39 is 17.6 Å². The molecule has 0 heterocycles. The van der Waals surface area contributed by atoms with E-state index in [4.69, 9.17) is 15.2 Å². The monoisotopic (exact) mass is 439 g/mol. The number of aliphatic imine (C=N–C) groups is 1. The van der Waals surface area contributed by atoms with E-state index in [1.165, 1.54) is 0 Å². The van der Waals surface area contributed by atoms with Crippen LogP contribution in [-0.4, -0.2) is 36.1 Å². The summed E-state index contributed by atoms with van der Waals surface area (Å²) in [5.74, 6) is 0.107. The van der Waals surface area contributed by atoms with E-state index in [1.54, 1.807) is 39.0 Å². The fourth-order valence-corrected chi connectivity index (χ4v) is 1.86. The second kappa shape index (κ2) is 19.4. The van der Waals surface area contributed by atoms with Crippen molar-refractivity contribution < 1.29 is 19.1 Å². The number of hydrogen-bond donors (Lipinski definition) is 2. The van der Waals surface area contributed by atoms with E-state index in [9.17, 15) is 9.59 Å². The first-order chi connectivity index (χ1) is 14.5. The average molecular weight is 440 g/mol. The fourth-order valence-electron chi connectivity index (χ4n) is 1.86. The van der Waals surface area contributed by atoms with E-state index in [2.05, 4.69) is 10.3 Å². The molecular weight excluding hydrogens is 394 g/mol. The molecule has 0 radical (unpaired) electrons. The van der Waals surface area contributed by atoms with Gasteiger partial charge in [-0.2, -0.15) is 4.99 Å². The lowest BCUT2D eigenvalue weighted by molar-refractivity contribution is -0.117. The van der Waals surface area contributed by atoms with Crippen molar-refractivity contribution in [2.45, 2.75) is 94.3 Å². The lowest BCUT2D eigenvalue weighted by atomic mass is 10.2. The van der Waals surface area contributed by atoms with Crippen LogP contribution in [0.2, 0.25) is 0 Å². The first-order valence-electron chi connectivity index (χ1n) is 11.0. The van der Waals surface area contributed by atoms with E-state index in [0.29, 0.717) is 11.3 Å². The Morgan fingerprint density at radius 1 is 1.13 bits per heavy atom. The van der Waals surface area contributed by atoms with Gasteiger partial charge in [-0.1, -0.05) is 46.8 Å². The normalized spacial score (nSPS) is 12.5. The molecule has 0 rings (SSSR count). The van der Waals surface area contributed by atoms with Crippen molar-refractivity contribution in [1.29, 1.82) is 0 Å². The molecular formula is C24H45N3O4. The molecule has 0 aromatic rings. The second-order valence-electron chi connectivity index (χ2n) is 7.03. The fraction of sp³-hybridized carbons (Fsp3) is 0.625. The van der Waals surface area contributed by atoms with E-state index in [0.717, 1.165) is 6.42 Å². The van der Waals surface area contributed by atoms with E-state index in [1.807, 2.05) is 61.5 Å². The van der Waals surface area contributed by atoms with Gasteiger partial charge in [0.1, 0.15) is 23.7 Å². The summed E-state index contributed by atoms with van der Waals surface area (Å²) in [7, 11) is 0. The Balaban J connectivity index is -0.00000184. The van der Waals surface area contributed by atoms with Crippen molar-refractivity contribution in [2.24, 2.45) is 10.7 Å². The molecule has 0 aromatic carbocycles. The third-order valence-corrected chi connectivity index (χ3v) is 2.74. The molecule has 2 amide bonds. The van der Waals surface area contributed by atoms with Gasteiger partial charge in [0.15, 0.2) is 0 Å². The molecule has 0 fully saturated rings. The number of ether oxygens (including phenoxy) is 2. The molecule has 0 atom stereocenters. The number of nitrogens with zero attached hydrogens (tertiary/aromatic N) is 1. The van der Waals surface area contributed by atoms with Crippen molar-refractivity contribution in [2.75, 3.05) is 6.54 Å². The van der Waals surface area contributed by atoms with Crippen molar-refractivity contribution in [1.82, 2.24) is 5.32 Å². The van der Waals surface area contributed by atoms with Gasteiger partial charge < -0.3 is 20.5 Å². The Morgan fingerprint density at radius 3 is 2.10 bits per heavy atom. The number of rotatable bonds is 8. The molecule has 0 spiro atoms. The Hall–Kier alpha value is -2.57. The zero-order valence-electron chi connectivity index (χ0n) is 21.5. The maximum absolute atomic E-state index is 12.0. The van der Waals surface area contributed by atoms with Crippen LogP contribution in [0.5, 0.6) is 0 Å². The zero-order valence-corrected chi connectivity index (χ0v) is 21.5. The second-order valence-corrected chi connectivity index (χ2v) is 7.03. The van der Waals surface area contributed by atoms with Crippen molar-refractivity contribution >= 4 is 17.8 Å². The number of amides is 2. The smallest absolute Gasteiger partial charge is 0.408 e. The molecule has 0 aliphatic heterocycles. The third kappa shape index (κ3) is 20.5. The highest BCUT2D eigenvalue weighted by molar-refractivity contribution is 6.06. The molecule has 7 nitrogen and oxygen atoms in total. The summed E-state index contributed by atoms with van der Waals surface area (Å²) in [6, 6.07) is 0. The van der Waals surface area contributed by atoms with Gasteiger partial charge in [-0.3, -0.25) is 4.79 Å². The molecule has 180 valence electrons. The number of carbonyl (C=O) groups excluding carboxylic acids is 2. The van der Waals surface area contributed by atoms with Crippen LogP contribution in [0.15, 0.2) is 40.6 Å².